The van der Waals surface area contributed by atoms with Gasteiger partial charge in [-0.2, -0.15) is 13.2 Å². The summed E-state index contributed by atoms with van der Waals surface area (Å²) in [6.45, 7) is 0. The van der Waals surface area contributed by atoms with Crippen LogP contribution in [-0.2, 0) is 15.7 Å². The fourth-order valence-electron chi connectivity index (χ4n) is 3.39. The maximum absolute atomic E-state index is 12.4. The lowest BCUT2D eigenvalue weighted by Crippen LogP contribution is -2.31. The highest BCUT2D eigenvalue weighted by atomic mass is 19.4. The summed E-state index contributed by atoms with van der Waals surface area (Å²) >= 11 is 0. The molecule has 1 amide bonds. The second-order valence-electron chi connectivity index (χ2n) is 5.61. The van der Waals surface area contributed by atoms with Crippen molar-refractivity contribution in [3.8, 4) is 0 Å². The number of fused-ring (bicyclic) bond motifs is 5. The minimum atomic E-state index is -4.58. The lowest BCUT2D eigenvalue weighted by molar-refractivity contribution is -0.142. The molecule has 0 aromatic carbocycles. The van der Waals surface area contributed by atoms with E-state index in [2.05, 4.69) is 15.0 Å². The Labute approximate surface area is 111 Å². The Bertz CT molecular complexity index is 571. The van der Waals surface area contributed by atoms with Crippen LogP contribution in [0.3, 0.4) is 0 Å². The van der Waals surface area contributed by atoms with E-state index >= 15 is 0 Å². The third kappa shape index (κ3) is 1.74. The number of nitrogens with zero attached hydrogens (tertiary/aromatic N) is 1. The lowest BCUT2D eigenvalue weighted by Gasteiger charge is -2.16. The summed E-state index contributed by atoms with van der Waals surface area (Å²) in [4.78, 5) is 12.1. The normalized spacial score (nSPS) is 37.9. The molecule has 1 saturated carbocycles. The van der Waals surface area contributed by atoms with Gasteiger partial charge < -0.3 is 9.26 Å². The molecule has 2 bridgehead atoms. The first-order chi connectivity index (χ1) is 9.43. The van der Waals surface area contributed by atoms with E-state index in [-0.39, 0.29) is 29.9 Å². The molecular weight excluding hydrogens is 277 g/mol. The van der Waals surface area contributed by atoms with Crippen molar-refractivity contribution in [1.82, 2.24) is 5.16 Å². The first-order valence-corrected chi connectivity index (χ1v) is 6.44. The summed E-state index contributed by atoms with van der Waals surface area (Å²) in [6, 6.07) is 0.686. The van der Waals surface area contributed by atoms with Crippen molar-refractivity contribution in [2.24, 2.45) is 17.8 Å². The molecular formula is C12H11F3N2O3. The van der Waals surface area contributed by atoms with Crippen LogP contribution >= 0.6 is 0 Å². The Morgan fingerprint density at radius 2 is 2.15 bits per heavy atom. The number of nitrogens with one attached hydrogen (secondary N) is 1. The van der Waals surface area contributed by atoms with E-state index in [0.717, 1.165) is 6.42 Å². The molecule has 3 heterocycles. The number of ether oxygens (including phenoxy) is 1. The zero-order chi connectivity index (χ0) is 14.1. The third-order valence-electron chi connectivity index (χ3n) is 4.39. The maximum atomic E-state index is 12.4. The molecule has 108 valence electrons. The minimum Gasteiger partial charge on any atom is -0.374 e. The molecule has 1 aromatic rings. The smallest absolute Gasteiger partial charge is 0.374 e. The van der Waals surface area contributed by atoms with E-state index in [1.807, 2.05) is 0 Å². The maximum Gasteiger partial charge on any atom is 0.436 e. The highest BCUT2D eigenvalue weighted by molar-refractivity contribution is 5.92. The molecule has 1 aromatic heterocycles. The topological polar surface area (TPSA) is 64.4 Å². The molecule has 1 N–H and O–H groups in total. The molecule has 0 spiro atoms. The van der Waals surface area contributed by atoms with Gasteiger partial charge in [0.15, 0.2) is 5.69 Å². The van der Waals surface area contributed by atoms with Gasteiger partial charge in [0.05, 0.1) is 18.1 Å². The van der Waals surface area contributed by atoms with Crippen LogP contribution in [-0.4, -0.2) is 23.3 Å². The molecule has 3 aliphatic rings. The number of amides is 1. The highest BCUT2D eigenvalue weighted by Gasteiger charge is 2.64. The van der Waals surface area contributed by atoms with Crippen LogP contribution in [0.1, 0.15) is 18.5 Å². The number of carbonyl (C=O) groups is 1. The summed E-state index contributed by atoms with van der Waals surface area (Å²) in [7, 11) is 0. The minimum absolute atomic E-state index is 0.0880. The highest BCUT2D eigenvalue weighted by Crippen LogP contribution is 2.60. The summed E-state index contributed by atoms with van der Waals surface area (Å²) in [5.41, 5.74) is -1.15. The Kier molecular flexibility index (Phi) is 2.28. The molecule has 5 atom stereocenters. The van der Waals surface area contributed by atoms with Gasteiger partial charge in [0.2, 0.25) is 11.8 Å². The van der Waals surface area contributed by atoms with Crippen molar-refractivity contribution in [2.45, 2.75) is 31.2 Å². The van der Waals surface area contributed by atoms with E-state index in [1.165, 1.54) is 0 Å². The molecule has 1 aliphatic carbocycles. The van der Waals surface area contributed by atoms with Crippen molar-refractivity contribution < 1.29 is 27.2 Å². The average Bonchev–Trinajstić information content (AvgIpc) is 2.75. The number of carbonyl (C=O) groups excluding carboxylic acids is 1. The largest absolute Gasteiger partial charge is 0.436 e. The number of hydrogen-bond donors (Lipinski definition) is 1. The van der Waals surface area contributed by atoms with Gasteiger partial charge in [-0.25, -0.2) is 0 Å². The lowest BCUT2D eigenvalue weighted by atomic mass is 9.88. The Morgan fingerprint density at radius 1 is 1.35 bits per heavy atom. The van der Waals surface area contributed by atoms with Gasteiger partial charge in [0.25, 0.3) is 0 Å². The van der Waals surface area contributed by atoms with Crippen LogP contribution in [0.4, 0.5) is 19.1 Å². The molecule has 8 heteroatoms. The quantitative estimate of drug-likeness (QED) is 0.904. The van der Waals surface area contributed by atoms with Gasteiger partial charge in [-0.1, -0.05) is 5.16 Å². The van der Waals surface area contributed by atoms with Crippen molar-refractivity contribution >= 4 is 11.8 Å². The Hall–Kier alpha value is -1.57. The average molecular weight is 288 g/mol. The second kappa shape index (κ2) is 3.75. The summed E-state index contributed by atoms with van der Waals surface area (Å²) in [5.74, 6) is 0.101. The molecule has 3 fully saturated rings. The van der Waals surface area contributed by atoms with Gasteiger partial charge in [0.1, 0.15) is 0 Å². The van der Waals surface area contributed by atoms with E-state index in [9.17, 15) is 18.0 Å². The van der Waals surface area contributed by atoms with Crippen molar-refractivity contribution in [2.75, 3.05) is 5.32 Å². The third-order valence-corrected chi connectivity index (χ3v) is 4.39. The number of halogens is 3. The molecule has 0 unspecified atom stereocenters. The van der Waals surface area contributed by atoms with Gasteiger partial charge in [0, 0.05) is 6.07 Å². The number of aromatic nitrogens is 1. The van der Waals surface area contributed by atoms with E-state index in [1.54, 1.807) is 0 Å². The number of hydrogen-bond acceptors (Lipinski definition) is 4. The first kappa shape index (κ1) is 12.2. The van der Waals surface area contributed by atoms with Crippen LogP contribution in [0.5, 0.6) is 0 Å². The summed E-state index contributed by atoms with van der Waals surface area (Å²) in [5, 5.41) is 5.24. The number of alkyl halides is 3. The van der Waals surface area contributed by atoms with Crippen LogP contribution in [0, 0.1) is 17.8 Å². The predicted octanol–water partition coefficient (Wildman–Crippen LogP) is 2.06. The van der Waals surface area contributed by atoms with Crippen molar-refractivity contribution in [3.05, 3.63) is 11.8 Å². The number of anilines is 1. The monoisotopic (exact) mass is 288 g/mol. The molecule has 20 heavy (non-hydrogen) atoms. The van der Waals surface area contributed by atoms with Gasteiger partial charge in [-0.3, -0.25) is 10.1 Å². The predicted molar refractivity (Wildman–Crippen MR) is 58.5 cm³/mol. The number of rotatable bonds is 2. The molecule has 5 nitrogen and oxygen atoms in total. The Balaban J connectivity index is 1.44. The zero-order valence-electron chi connectivity index (χ0n) is 10.2. The summed E-state index contributed by atoms with van der Waals surface area (Å²) in [6.07, 6.45) is -2.79. The SMILES string of the molecule is O=C(Nc1cc(C(F)(F)F)no1)[C@@H]1C[C@@H]2O[C@H]1[C@H]1C[C@H]12. The first-order valence-electron chi connectivity index (χ1n) is 6.44. The van der Waals surface area contributed by atoms with Crippen molar-refractivity contribution in [1.29, 1.82) is 0 Å². The molecule has 2 aliphatic heterocycles. The standard InChI is InChI=1S/C12H11F3N2O3/c13-12(14,15)8-3-9(20-17-8)16-11(18)6-2-7-4-1-5(4)10(6)19-7/h3-7,10H,1-2H2,(H,16,18)/t4-,5+,6-,7+,10+/m1/s1. The van der Waals surface area contributed by atoms with Crippen LogP contribution in [0.15, 0.2) is 10.6 Å². The molecule has 4 rings (SSSR count). The zero-order valence-corrected chi connectivity index (χ0v) is 10.2. The fourth-order valence-corrected chi connectivity index (χ4v) is 3.39. The molecule has 0 radical (unpaired) electrons. The van der Waals surface area contributed by atoms with Gasteiger partial charge >= 0.3 is 6.18 Å². The van der Waals surface area contributed by atoms with Crippen molar-refractivity contribution in [3.63, 3.8) is 0 Å². The second-order valence-corrected chi connectivity index (χ2v) is 5.61. The van der Waals surface area contributed by atoms with Gasteiger partial charge in [-0.05, 0) is 24.7 Å². The van der Waals surface area contributed by atoms with Crippen LogP contribution < -0.4 is 5.32 Å². The van der Waals surface area contributed by atoms with Gasteiger partial charge in [-0.15, -0.1) is 0 Å². The Morgan fingerprint density at radius 3 is 2.75 bits per heavy atom. The van der Waals surface area contributed by atoms with Crippen LogP contribution in [0.2, 0.25) is 0 Å². The fraction of sp³-hybridized carbons (Fsp3) is 0.667. The van der Waals surface area contributed by atoms with E-state index in [0.29, 0.717) is 24.3 Å². The van der Waals surface area contributed by atoms with E-state index < -0.39 is 11.9 Å². The summed E-state index contributed by atoms with van der Waals surface area (Å²) < 4.78 is 47.3. The van der Waals surface area contributed by atoms with E-state index in [4.69, 9.17) is 4.74 Å². The van der Waals surface area contributed by atoms with Crippen LogP contribution in [0.25, 0.3) is 0 Å². The molecule has 2 saturated heterocycles.